The number of fused-ring (bicyclic) bond motifs is 1. The van der Waals surface area contributed by atoms with Gasteiger partial charge < -0.3 is 9.90 Å². The van der Waals surface area contributed by atoms with Crippen molar-refractivity contribution >= 4 is 12.1 Å². The summed E-state index contributed by atoms with van der Waals surface area (Å²) in [7, 11) is 0. The molecule has 4 atom stereocenters. The molecule has 0 spiro atoms. The second-order valence-corrected chi connectivity index (χ2v) is 3.89. The molecule has 66 valence electrons. The van der Waals surface area contributed by atoms with Gasteiger partial charge in [-0.3, -0.25) is 4.79 Å². The highest BCUT2D eigenvalue weighted by Crippen LogP contribution is 2.45. The third kappa shape index (κ3) is 1.00. The molecule has 0 aromatic heterocycles. The zero-order chi connectivity index (χ0) is 8.72. The first-order valence-corrected chi connectivity index (χ1v) is 4.37. The molecule has 0 aliphatic heterocycles. The van der Waals surface area contributed by atoms with E-state index in [1.54, 1.807) is 0 Å². The van der Waals surface area contributed by atoms with Crippen LogP contribution in [0.5, 0.6) is 0 Å². The molecule has 2 aliphatic rings. The van der Waals surface area contributed by atoms with E-state index in [0.29, 0.717) is 19.3 Å². The number of Topliss-reactive ketones (excluding diaryl/α,β-unsaturated/α-hetero) is 1. The Morgan fingerprint density at radius 3 is 2.83 bits per heavy atom. The van der Waals surface area contributed by atoms with Crippen LogP contribution in [0.1, 0.15) is 19.3 Å². The molecular weight excluding hydrogens is 156 g/mol. The summed E-state index contributed by atoms with van der Waals surface area (Å²) >= 11 is 0. The topological polar surface area (TPSA) is 54.4 Å². The highest BCUT2D eigenvalue weighted by Gasteiger charge is 2.47. The fourth-order valence-electron chi connectivity index (χ4n) is 2.61. The van der Waals surface area contributed by atoms with Gasteiger partial charge in [-0.2, -0.15) is 0 Å². The summed E-state index contributed by atoms with van der Waals surface area (Å²) in [6, 6.07) is 0. The van der Waals surface area contributed by atoms with Crippen LogP contribution in [0.15, 0.2) is 0 Å². The van der Waals surface area contributed by atoms with Gasteiger partial charge in [0.2, 0.25) is 0 Å². The molecule has 3 heteroatoms. The molecule has 0 bridgehead atoms. The summed E-state index contributed by atoms with van der Waals surface area (Å²) in [6.07, 6.45) is 2.04. The molecule has 1 N–H and O–H groups in total. The Hall–Kier alpha value is -0.700. The van der Waals surface area contributed by atoms with Gasteiger partial charge in [-0.15, -0.1) is 0 Å². The molecule has 2 fully saturated rings. The number of carbonyl (C=O) groups is 2. The molecule has 2 saturated carbocycles. The average Bonchev–Trinajstić information content (AvgIpc) is 2.43. The Balaban J connectivity index is 2.16. The minimum atomic E-state index is -0.495. The third-order valence-electron chi connectivity index (χ3n) is 3.20. The van der Waals surface area contributed by atoms with Crippen molar-refractivity contribution in [2.45, 2.75) is 25.4 Å². The van der Waals surface area contributed by atoms with Crippen LogP contribution >= 0.6 is 0 Å². The Morgan fingerprint density at radius 2 is 2.17 bits per heavy atom. The molecule has 2 rings (SSSR count). The van der Waals surface area contributed by atoms with Gasteiger partial charge in [-0.25, -0.2) is 0 Å². The number of ketones is 1. The van der Waals surface area contributed by atoms with E-state index in [1.165, 1.54) is 0 Å². The van der Waals surface area contributed by atoms with Gasteiger partial charge in [0.15, 0.2) is 0 Å². The lowest BCUT2D eigenvalue weighted by atomic mass is 9.93. The van der Waals surface area contributed by atoms with Crippen LogP contribution in [0.4, 0.5) is 0 Å². The maximum Gasteiger partial charge on any atom is 0.133 e. The maximum atomic E-state index is 11.0. The van der Waals surface area contributed by atoms with Crippen molar-refractivity contribution in [1.82, 2.24) is 0 Å². The molecule has 0 aromatic rings. The average molecular weight is 168 g/mol. The predicted molar refractivity (Wildman–Crippen MR) is 41.4 cm³/mol. The third-order valence-corrected chi connectivity index (χ3v) is 3.20. The molecule has 0 aromatic carbocycles. The summed E-state index contributed by atoms with van der Waals surface area (Å²) < 4.78 is 0. The molecule has 0 heterocycles. The molecule has 0 amide bonds. The molecule has 2 aliphatic carbocycles. The van der Waals surface area contributed by atoms with Crippen molar-refractivity contribution in [1.29, 1.82) is 0 Å². The van der Waals surface area contributed by atoms with E-state index < -0.39 is 6.10 Å². The molecule has 12 heavy (non-hydrogen) atoms. The van der Waals surface area contributed by atoms with Crippen LogP contribution in [0.2, 0.25) is 0 Å². The standard InChI is InChI=1S/C9H12O3/c10-4-8-7-3-6(11)1-5(7)2-9(8)12/h4-5,7-9,12H,1-3H2/t5-,7-,8?,9?/m1/s1. The first-order chi connectivity index (χ1) is 5.72. The van der Waals surface area contributed by atoms with Gasteiger partial charge in [0.1, 0.15) is 12.1 Å². The highest BCUT2D eigenvalue weighted by atomic mass is 16.3. The molecular formula is C9H12O3. The lowest BCUT2D eigenvalue weighted by Crippen LogP contribution is -2.20. The first kappa shape index (κ1) is 7.92. The lowest BCUT2D eigenvalue weighted by molar-refractivity contribution is -0.118. The van der Waals surface area contributed by atoms with E-state index in [2.05, 4.69) is 0 Å². The summed E-state index contributed by atoms with van der Waals surface area (Å²) in [5.41, 5.74) is 0. The highest BCUT2D eigenvalue weighted by molar-refractivity contribution is 5.82. The van der Waals surface area contributed by atoms with Crippen molar-refractivity contribution in [3.8, 4) is 0 Å². The fraction of sp³-hybridized carbons (Fsp3) is 0.778. The zero-order valence-corrected chi connectivity index (χ0v) is 6.77. The Labute approximate surface area is 70.8 Å². The molecule has 0 saturated heterocycles. The van der Waals surface area contributed by atoms with Crippen LogP contribution in [0.25, 0.3) is 0 Å². The van der Waals surface area contributed by atoms with Gasteiger partial charge in [0.25, 0.3) is 0 Å². The number of aliphatic hydroxyl groups is 1. The molecule has 0 radical (unpaired) electrons. The second kappa shape index (κ2) is 2.66. The number of aliphatic hydroxyl groups excluding tert-OH is 1. The van der Waals surface area contributed by atoms with Crippen molar-refractivity contribution < 1.29 is 14.7 Å². The minimum absolute atomic E-state index is 0.144. The summed E-state index contributed by atoms with van der Waals surface area (Å²) in [5, 5.41) is 9.44. The smallest absolute Gasteiger partial charge is 0.133 e. The van der Waals surface area contributed by atoms with E-state index in [-0.39, 0.29) is 23.5 Å². The Kier molecular flexibility index (Phi) is 1.76. The van der Waals surface area contributed by atoms with E-state index in [1.807, 2.05) is 0 Å². The summed E-state index contributed by atoms with van der Waals surface area (Å²) in [6.45, 7) is 0. The van der Waals surface area contributed by atoms with Gasteiger partial charge in [0.05, 0.1) is 6.10 Å². The van der Waals surface area contributed by atoms with Gasteiger partial charge >= 0.3 is 0 Å². The van der Waals surface area contributed by atoms with Crippen molar-refractivity contribution in [3.05, 3.63) is 0 Å². The minimum Gasteiger partial charge on any atom is -0.392 e. The van der Waals surface area contributed by atoms with Crippen LogP contribution in [0, 0.1) is 17.8 Å². The van der Waals surface area contributed by atoms with E-state index in [9.17, 15) is 14.7 Å². The summed E-state index contributed by atoms with van der Waals surface area (Å²) in [4.78, 5) is 21.6. The second-order valence-electron chi connectivity index (χ2n) is 3.89. The fourth-order valence-corrected chi connectivity index (χ4v) is 2.61. The SMILES string of the molecule is O=CC1C(O)C[C@H]2CC(=O)C[C@@H]12. The first-order valence-electron chi connectivity index (χ1n) is 4.37. The largest absolute Gasteiger partial charge is 0.392 e. The lowest BCUT2D eigenvalue weighted by Gasteiger charge is -2.12. The van der Waals surface area contributed by atoms with E-state index >= 15 is 0 Å². The van der Waals surface area contributed by atoms with E-state index in [4.69, 9.17) is 0 Å². The predicted octanol–water partition coefficient (Wildman–Crippen LogP) is 0.161. The van der Waals surface area contributed by atoms with E-state index in [0.717, 1.165) is 6.29 Å². The van der Waals surface area contributed by atoms with Crippen molar-refractivity contribution in [2.24, 2.45) is 17.8 Å². The Bertz CT molecular complexity index is 224. The van der Waals surface area contributed by atoms with Crippen LogP contribution in [-0.4, -0.2) is 23.3 Å². The number of hydrogen-bond donors (Lipinski definition) is 1. The van der Waals surface area contributed by atoms with Crippen molar-refractivity contribution in [2.75, 3.05) is 0 Å². The number of aldehydes is 1. The van der Waals surface area contributed by atoms with Crippen LogP contribution in [-0.2, 0) is 9.59 Å². The molecule has 2 unspecified atom stereocenters. The van der Waals surface area contributed by atoms with Gasteiger partial charge in [0, 0.05) is 18.8 Å². The normalized spacial score (nSPS) is 46.2. The van der Waals surface area contributed by atoms with Gasteiger partial charge in [-0.1, -0.05) is 0 Å². The van der Waals surface area contributed by atoms with Crippen molar-refractivity contribution in [3.63, 3.8) is 0 Å². The molecule has 3 nitrogen and oxygen atoms in total. The van der Waals surface area contributed by atoms with Crippen LogP contribution < -0.4 is 0 Å². The summed E-state index contributed by atoms with van der Waals surface area (Å²) in [5.74, 6) is 0.401. The monoisotopic (exact) mass is 168 g/mol. The number of carbonyl (C=O) groups excluding carboxylic acids is 2. The van der Waals surface area contributed by atoms with Gasteiger partial charge in [-0.05, 0) is 18.3 Å². The Morgan fingerprint density at radius 1 is 1.42 bits per heavy atom. The number of hydrogen-bond acceptors (Lipinski definition) is 3. The zero-order valence-electron chi connectivity index (χ0n) is 6.77. The number of rotatable bonds is 1. The maximum absolute atomic E-state index is 11.0. The van der Waals surface area contributed by atoms with Crippen LogP contribution in [0.3, 0.4) is 0 Å². The quantitative estimate of drug-likeness (QED) is 0.567.